The topological polar surface area (TPSA) is 167 Å². The molecule has 0 radical (unpaired) electrons. The molecule has 2 fully saturated rings. The molecule has 2 heterocycles. The summed E-state index contributed by atoms with van der Waals surface area (Å²) in [5, 5.41) is 12.2. The number of azide groups is 2. The highest BCUT2D eigenvalue weighted by atomic mass is 16.6. The lowest BCUT2D eigenvalue weighted by atomic mass is 9.91. The SMILES string of the molecule is CC(C)(C)OC(=O)n1cc2c(n1)CCC(N(C(=O)c1cc(CN=[N+]=[N-])n(C3CCCCC3)c1CN=[N+]=[N-])C1CC1)C2. The quantitative estimate of drug-likeness (QED) is 0.197. The molecular formula is C28H38N10O3. The van der Waals surface area contributed by atoms with Crippen molar-refractivity contribution in [3.05, 3.63) is 61.4 Å². The van der Waals surface area contributed by atoms with Gasteiger partial charge in [0, 0.05) is 45.5 Å². The van der Waals surface area contributed by atoms with Gasteiger partial charge in [-0.1, -0.05) is 29.5 Å². The molecule has 0 N–H and O–H groups in total. The molecule has 0 aromatic carbocycles. The second-order valence-corrected chi connectivity index (χ2v) is 12.3. The summed E-state index contributed by atoms with van der Waals surface area (Å²) >= 11 is 0. The molecule has 5 rings (SSSR count). The smallest absolute Gasteiger partial charge is 0.435 e. The molecule has 2 aromatic rings. The highest BCUT2D eigenvalue weighted by Gasteiger charge is 2.41. The van der Waals surface area contributed by atoms with Gasteiger partial charge in [0.2, 0.25) is 0 Å². The van der Waals surface area contributed by atoms with E-state index in [-0.39, 0.29) is 37.1 Å². The zero-order valence-electron chi connectivity index (χ0n) is 24.1. The van der Waals surface area contributed by atoms with Gasteiger partial charge in [-0.25, -0.2) is 4.79 Å². The Morgan fingerprint density at radius 3 is 2.41 bits per heavy atom. The summed E-state index contributed by atoms with van der Waals surface area (Å²) in [6.45, 7) is 5.64. The number of hydrogen-bond donors (Lipinski definition) is 0. The van der Waals surface area contributed by atoms with E-state index in [9.17, 15) is 9.59 Å². The van der Waals surface area contributed by atoms with E-state index in [1.54, 1.807) is 6.20 Å². The van der Waals surface area contributed by atoms with Gasteiger partial charge in [0.05, 0.1) is 24.3 Å². The predicted octanol–water partition coefficient (Wildman–Crippen LogP) is 6.76. The van der Waals surface area contributed by atoms with Gasteiger partial charge in [0.1, 0.15) is 5.60 Å². The van der Waals surface area contributed by atoms with Crippen LogP contribution in [0.2, 0.25) is 0 Å². The van der Waals surface area contributed by atoms with Crippen LogP contribution in [-0.4, -0.2) is 48.9 Å². The minimum Gasteiger partial charge on any atom is -0.442 e. The summed E-state index contributed by atoms with van der Waals surface area (Å²) in [7, 11) is 0. The van der Waals surface area contributed by atoms with Crippen molar-refractivity contribution in [3.8, 4) is 0 Å². The Hall–Kier alpha value is -3.95. The molecule has 41 heavy (non-hydrogen) atoms. The lowest BCUT2D eigenvalue weighted by Crippen LogP contribution is -2.45. The van der Waals surface area contributed by atoms with Crippen LogP contribution in [0.1, 0.15) is 111 Å². The Morgan fingerprint density at radius 1 is 1.05 bits per heavy atom. The average Bonchev–Trinajstić information content (AvgIpc) is 3.56. The molecule has 2 aromatic heterocycles. The molecule has 2 saturated carbocycles. The summed E-state index contributed by atoms with van der Waals surface area (Å²) in [6.07, 6.45) is 10.4. The number of aryl methyl sites for hydroxylation is 1. The first-order chi connectivity index (χ1) is 19.7. The monoisotopic (exact) mass is 562 g/mol. The summed E-state index contributed by atoms with van der Waals surface area (Å²) in [6, 6.07) is 2.10. The van der Waals surface area contributed by atoms with Gasteiger partial charge in [-0.3, -0.25) is 4.79 Å². The van der Waals surface area contributed by atoms with Crippen molar-refractivity contribution in [3.63, 3.8) is 0 Å². The Labute approximate surface area is 239 Å². The number of fused-ring (bicyclic) bond motifs is 1. The van der Waals surface area contributed by atoms with E-state index < -0.39 is 11.7 Å². The van der Waals surface area contributed by atoms with Gasteiger partial charge in [0.15, 0.2) is 0 Å². The van der Waals surface area contributed by atoms with Crippen LogP contribution in [0.25, 0.3) is 20.9 Å². The highest BCUT2D eigenvalue weighted by molar-refractivity contribution is 5.96. The Kier molecular flexibility index (Phi) is 8.28. The first kappa shape index (κ1) is 28.6. The van der Waals surface area contributed by atoms with Crippen molar-refractivity contribution in [1.29, 1.82) is 0 Å². The van der Waals surface area contributed by atoms with Crippen LogP contribution in [0, 0.1) is 0 Å². The normalized spacial score (nSPS) is 19.0. The second kappa shape index (κ2) is 11.9. The number of rotatable bonds is 8. The third-order valence-electron chi connectivity index (χ3n) is 8.17. The molecule has 0 bridgehead atoms. The Bertz CT molecular complexity index is 1400. The van der Waals surface area contributed by atoms with Crippen molar-refractivity contribution in [2.75, 3.05) is 0 Å². The van der Waals surface area contributed by atoms with Crippen molar-refractivity contribution in [2.45, 2.75) is 122 Å². The van der Waals surface area contributed by atoms with Crippen LogP contribution < -0.4 is 0 Å². The molecule has 218 valence electrons. The summed E-state index contributed by atoms with van der Waals surface area (Å²) in [5.74, 6) is -0.0830. The molecule has 3 aliphatic rings. The first-order valence-corrected chi connectivity index (χ1v) is 14.6. The van der Waals surface area contributed by atoms with Gasteiger partial charge in [0.25, 0.3) is 5.91 Å². The van der Waals surface area contributed by atoms with E-state index in [0.717, 1.165) is 61.9 Å². The number of carbonyl (C=O) groups excluding carboxylic acids is 2. The fraction of sp³-hybridized carbons (Fsp3) is 0.679. The van der Waals surface area contributed by atoms with E-state index in [1.165, 1.54) is 11.1 Å². The number of aromatic nitrogens is 3. The van der Waals surface area contributed by atoms with Gasteiger partial charge in [-0.05, 0) is 88.4 Å². The first-order valence-electron chi connectivity index (χ1n) is 14.6. The van der Waals surface area contributed by atoms with E-state index in [0.29, 0.717) is 24.1 Å². The highest BCUT2D eigenvalue weighted by Crippen LogP contribution is 2.38. The summed E-state index contributed by atoms with van der Waals surface area (Å²) in [4.78, 5) is 35.0. The second-order valence-electron chi connectivity index (χ2n) is 12.3. The van der Waals surface area contributed by atoms with E-state index in [2.05, 4.69) is 29.7 Å². The van der Waals surface area contributed by atoms with Crippen molar-refractivity contribution >= 4 is 12.0 Å². The number of hydrogen-bond acceptors (Lipinski definition) is 6. The molecule has 1 atom stereocenters. The molecule has 0 spiro atoms. The zero-order chi connectivity index (χ0) is 29.1. The van der Waals surface area contributed by atoms with Crippen LogP contribution in [0.15, 0.2) is 22.5 Å². The molecule has 1 unspecified atom stereocenters. The van der Waals surface area contributed by atoms with Crippen molar-refractivity contribution in [1.82, 2.24) is 19.2 Å². The minimum atomic E-state index is -0.625. The molecule has 0 aliphatic heterocycles. The zero-order valence-corrected chi connectivity index (χ0v) is 24.1. The van der Waals surface area contributed by atoms with Crippen molar-refractivity contribution in [2.24, 2.45) is 10.2 Å². The third kappa shape index (κ3) is 6.36. The van der Waals surface area contributed by atoms with E-state index in [1.807, 2.05) is 31.7 Å². The third-order valence-corrected chi connectivity index (χ3v) is 8.17. The Balaban J connectivity index is 1.46. The molecule has 13 heteroatoms. The van der Waals surface area contributed by atoms with Crippen LogP contribution in [0.5, 0.6) is 0 Å². The maximum atomic E-state index is 14.4. The number of amides is 1. The largest absolute Gasteiger partial charge is 0.442 e. The predicted molar refractivity (Wildman–Crippen MR) is 151 cm³/mol. The lowest BCUT2D eigenvalue weighted by molar-refractivity contribution is 0.0513. The summed E-state index contributed by atoms with van der Waals surface area (Å²) < 4.78 is 8.87. The minimum absolute atomic E-state index is 0.0512. The van der Waals surface area contributed by atoms with Gasteiger partial charge in [-0.2, -0.15) is 9.78 Å². The van der Waals surface area contributed by atoms with Crippen LogP contribution in [0.4, 0.5) is 4.79 Å². The molecule has 0 saturated heterocycles. The van der Waals surface area contributed by atoms with Gasteiger partial charge < -0.3 is 14.2 Å². The van der Waals surface area contributed by atoms with Gasteiger partial charge in [-0.15, -0.1) is 0 Å². The van der Waals surface area contributed by atoms with E-state index >= 15 is 0 Å². The average molecular weight is 563 g/mol. The molecular weight excluding hydrogens is 524 g/mol. The standard InChI is InChI=1S/C28H38N10O3/c1-28(2,3)41-27(40)36-17-18-13-21(11-12-24(18)33-36)38(20-9-10-20)26(39)23-14-22(15-31-34-29)37(25(23)16-32-35-30)19-7-5-4-6-8-19/h14,17,19-21H,4-13,15-16H2,1-3H3. The molecule has 1 amide bonds. The van der Waals surface area contributed by atoms with Crippen LogP contribution in [-0.2, 0) is 30.7 Å². The van der Waals surface area contributed by atoms with Crippen LogP contribution in [0.3, 0.4) is 0 Å². The molecule has 13 nitrogen and oxygen atoms in total. The fourth-order valence-electron chi connectivity index (χ4n) is 6.33. The molecule has 3 aliphatic carbocycles. The Morgan fingerprint density at radius 2 is 1.76 bits per heavy atom. The fourth-order valence-corrected chi connectivity index (χ4v) is 6.33. The maximum Gasteiger partial charge on any atom is 0.435 e. The number of ether oxygens (including phenoxy) is 1. The van der Waals surface area contributed by atoms with Crippen molar-refractivity contribution < 1.29 is 14.3 Å². The number of carbonyl (C=O) groups is 2. The lowest BCUT2D eigenvalue weighted by Gasteiger charge is -2.34. The maximum absolute atomic E-state index is 14.4. The van der Waals surface area contributed by atoms with Crippen LogP contribution >= 0.6 is 0 Å². The summed E-state index contributed by atoms with van der Waals surface area (Å²) in [5.41, 5.74) is 21.4. The van der Waals surface area contributed by atoms with Gasteiger partial charge >= 0.3 is 6.09 Å². The number of nitrogens with zero attached hydrogens (tertiary/aromatic N) is 10. The van der Waals surface area contributed by atoms with E-state index in [4.69, 9.17) is 15.8 Å².